The Morgan fingerprint density at radius 1 is 1.48 bits per heavy atom. The monoisotopic (exact) mass is 298 g/mol. The van der Waals surface area contributed by atoms with Gasteiger partial charge in [0.2, 0.25) is 5.89 Å². The lowest BCUT2D eigenvalue weighted by molar-refractivity contribution is 0.124. The van der Waals surface area contributed by atoms with Crippen LogP contribution in [0.5, 0.6) is 0 Å². The quantitative estimate of drug-likeness (QED) is 0.830. The molecule has 1 N–H and O–H groups in total. The third kappa shape index (κ3) is 6.12. The number of hydrogen-bond donors (Lipinski definition) is 1. The van der Waals surface area contributed by atoms with Crippen LogP contribution in [0.1, 0.15) is 39.4 Å². The molecule has 0 spiro atoms. The third-order valence-corrected chi connectivity index (χ3v) is 2.77. The Morgan fingerprint density at radius 3 is 2.71 bits per heavy atom. The highest BCUT2D eigenvalue weighted by atomic mass is 16.5. The normalized spacial score (nSPS) is 11.8. The van der Waals surface area contributed by atoms with Gasteiger partial charge >= 0.3 is 6.03 Å². The van der Waals surface area contributed by atoms with E-state index in [1.54, 1.807) is 14.2 Å². The first-order valence-corrected chi connectivity index (χ1v) is 7.07. The van der Waals surface area contributed by atoms with Gasteiger partial charge in [-0.15, -0.1) is 0 Å². The van der Waals surface area contributed by atoms with Gasteiger partial charge in [-0.2, -0.15) is 4.98 Å². The molecule has 0 atom stereocenters. The van der Waals surface area contributed by atoms with Gasteiger partial charge in [-0.05, 0) is 19.8 Å². The van der Waals surface area contributed by atoms with Crippen molar-refractivity contribution >= 4 is 6.03 Å². The number of carbonyl (C=O) groups excluding carboxylic acids is 1. The second kappa shape index (κ2) is 7.40. The number of ether oxygens (including phenoxy) is 1. The van der Waals surface area contributed by atoms with Gasteiger partial charge in [0.1, 0.15) is 0 Å². The van der Waals surface area contributed by atoms with Crippen molar-refractivity contribution in [1.82, 2.24) is 20.4 Å². The molecule has 21 heavy (non-hydrogen) atoms. The number of hydrogen-bond acceptors (Lipinski definition) is 5. The van der Waals surface area contributed by atoms with Crippen molar-refractivity contribution in [2.45, 2.75) is 46.2 Å². The summed E-state index contributed by atoms with van der Waals surface area (Å²) in [5.74, 6) is 1.57. The van der Waals surface area contributed by atoms with Crippen molar-refractivity contribution < 1.29 is 14.1 Å². The van der Waals surface area contributed by atoms with Gasteiger partial charge in [0, 0.05) is 20.6 Å². The maximum Gasteiger partial charge on any atom is 0.318 e. The standard InChI is InChI=1S/C14H26N4O3/c1-10(2)7-12-15-11(17-21-12)8-18(5)13(19)16-14(3,4)9-20-6/h10H,7-9H2,1-6H3,(H,16,19). The van der Waals surface area contributed by atoms with Crippen LogP contribution >= 0.6 is 0 Å². The molecule has 0 radical (unpaired) electrons. The van der Waals surface area contributed by atoms with E-state index in [1.807, 2.05) is 13.8 Å². The van der Waals surface area contributed by atoms with E-state index in [-0.39, 0.29) is 6.03 Å². The van der Waals surface area contributed by atoms with Crippen LogP contribution in [-0.2, 0) is 17.7 Å². The van der Waals surface area contributed by atoms with Crippen LogP contribution < -0.4 is 5.32 Å². The molecule has 1 aromatic rings. The van der Waals surface area contributed by atoms with Crippen LogP contribution in [0.3, 0.4) is 0 Å². The fourth-order valence-electron chi connectivity index (χ4n) is 1.85. The molecule has 1 aromatic heterocycles. The first-order chi connectivity index (χ1) is 9.73. The molecule has 0 fully saturated rings. The van der Waals surface area contributed by atoms with E-state index in [2.05, 4.69) is 29.3 Å². The maximum absolute atomic E-state index is 12.1. The summed E-state index contributed by atoms with van der Waals surface area (Å²) in [5, 5.41) is 6.78. The van der Waals surface area contributed by atoms with Crippen molar-refractivity contribution in [2.75, 3.05) is 20.8 Å². The molecule has 0 unspecified atom stereocenters. The molecule has 2 amide bonds. The Kier molecular flexibility index (Phi) is 6.14. The summed E-state index contributed by atoms with van der Waals surface area (Å²) in [4.78, 5) is 17.9. The van der Waals surface area contributed by atoms with Crippen molar-refractivity contribution in [2.24, 2.45) is 5.92 Å². The van der Waals surface area contributed by atoms with E-state index >= 15 is 0 Å². The van der Waals surface area contributed by atoms with Gasteiger partial charge in [0.15, 0.2) is 5.82 Å². The summed E-state index contributed by atoms with van der Waals surface area (Å²) in [7, 11) is 3.30. The topological polar surface area (TPSA) is 80.5 Å². The lowest BCUT2D eigenvalue weighted by atomic mass is 10.1. The van der Waals surface area contributed by atoms with Crippen molar-refractivity contribution in [1.29, 1.82) is 0 Å². The Morgan fingerprint density at radius 2 is 2.14 bits per heavy atom. The molecule has 1 heterocycles. The Balaban J connectivity index is 2.54. The molecule has 0 saturated carbocycles. The molecular weight excluding hydrogens is 272 g/mol. The molecular formula is C14H26N4O3. The molecule has 7 heteroatoms. The second-order valence-electron chi connectivity index (χ2n) is 6.31. The Labute approximate surface area is 126 Å². The summed E-state index contributed by atoms with van der Waals surface area (Å²) >= 11 is 0. The first kappa shape index (κ1) is 17.4. The summed E-state index contributed by atoms with van der Waals surface area (Å²) < 4.78 is 10.2. The zero-order valence-corrected chi connectivity index (χ0v) is 13.8. The lowest BCUT2D eigenvalue weighted by Crippen LogP contribution is -2.51. The number of nitrogens with zero attached hydrogens (tertiary/aromatic N) is 3. The summed E-state index contributed by atoms with van der Waals surface area (Å²) in [6.45, 7) is 8.71. The average molecular weight is 298 g/mol. The molecule has 0 aliphatic carbocycles. The first-order valence-electron chi connectivity index (χ1n) is 7.07. The minimum absolute atomic E-state index is 0.202. The minimum Gasteiger partial charge on any atom is -0.382 e. The highest BCUT2D eigenvalue weighted by Crippen LogP contribution is 2.08. The number of aromatic nitrogens is 2. The highest BCUT2D eigenvalue weighted by molar-refractivity contribution is 5.74. The molecule has 0 aromatic carbocycles. The summed E-state index contributed by atoms with van der Waals surface area (Å²) in [5.41, 5.74) is -0.430. The van der Waals surface area contributed by atoms with E-state index in [4.69, 9.17) is 9.26 Å². The van der Waals surface area contributed by atoms with Crippen LogP contribution in [0.2, 0.25) is 0 Å². The summed E-state index contributed by atoms with van der Waals surface area (Å²) in [6, 6.07) is -0.202. The Hall–Kier alpha value is -1.63. The molecule has 0 aliphatic heterocycles. The molecule has 1 rings (SSSR count). The fraction of sp³-hybridized carbons (Fsp3) is 0.786. The van der Waals surface area contributed by atoms with E-state index in [0.717, 1.165) is 6.42 Å². The van der Waals surface area contributed by atoms with E-state index in [9.17, 15) is 4.79 Å². The average Bonchev–Trinajstić information content (AvgIpc) is 2.74. The van der Waals surface area contributed by atoms with Gasteiger partial charge in [-0.3, -0.25) is 0 Å². The fourth-order valence-corrected chi connectivity index (χ4v) is 1.85. The zero-order chi connectivity index (χ0) is 16.0. The zero-order valence-electron chi connectivity index (χ0n) is 13.8. The maximum atomic E-state index is 12.1. The number of carbonyl (C=O) groups is 1. The summed E-state index contributed by atoms with van der Waals surface area (Å²) in [6.07, 6.45) is 0.740. The van der Waals surface area contributed by atoms with E-state index < -0.39 is 5.54 Å². The van der Waals surface area contributed by atoms with Crippen LogP contribution in [0.15, 0.2) is 4.52 Å². The SMILES string of the molecule is COCC(C)(C)NC(=O)N(C)Cc1noc(CC(C)C)n1. The van der Waals surface area contributed by atoms with Crippen molar-refractivity contribution in [3.05, 3.63) is 11.7 Å². The predicted octanol–water partition coefficient (Wildman–Crippen LogP) is 1.83. The highest BCUT2D eigenvalue weighted by Gasteiger charge is 2.23. The van der Waals surface area contributed by atoms with Gasteiger partial charge in [0.25, 0.3) is 0 Å². The van der Waals surface area contributed by atoms with Crippen LogP contribution in [0.4, 0.5) is 4.79 Å². The van der Waals surface area contributed by atoms with Crippen LogP contribution in [0, 0.1) is 5.92 Å². The molecule has 0 bridgehead atoms. The second-order valence-corrected chi connectivity index (χ2v) is 6.31. The van der Waals surface area contributed by atoms with Gasteiger partial charge in [0.05, 0.1) is 18.7 Å². The Bertz CT molecular complexity index is 457. The van der Waals surface area contributed by atoms with E-state index in [1.165, 1.54) is 4.90 Å². The number of amides is 2. The number of nitrogens with one attached hydrogen (secondary N) is 1. The number of urea groups is 1. The van der Waals surface area contributed by atoms with Crippen molar-refractivity contribution in [3.63, 3.8) is 0 Å². The molecule has 7 nitrogen and oxygen atoms in total. The van der Waals surface area contributed by atoms with Crippen LogP contribution in [-0.4, -0.2) is 47.4 Å². The largest absolute Gasteiger partial charge is 0.382 e. The van der Waals surface area contributed by atoms with Gasteiger partial charge in [-0.25, -0.2) is 4.79 Å². The number of rotatable bonds is 7. The molecule has 120 valence electrons. The van der Waals surface area contributed by atoms with Crippen molar-refractivity contribution in [3.8, 4) is 0 Å². The minimum atomic E-state index is -0.430. The molecule has 0 aliphatic rings. The predicted molar refractivity (Wildman–Crippen MR) is 78.8 cm³/mol. The van der Waals surface area contributed by atoms with E-state index in [0.29, 0.717) is 30.8 Å². The number of methoxy groups -OCH3 is 1. The third-order valence-electron chi connectivity index (χ3n) is 2.77. The van der Waals surface area contributed by atoms with Gasteiger partial charge in [-0.1, -0.05) is 19.0 Å². The van der Waals surface area contributed by atoms with Gasteiger partial charge < -0.3 is 19.5 Å². The van der Waals surface area contributed by atoms with Crippen LogP contribution in [0.25, 0.3) is 0 Å². The smallest absolute Gasteiger partial charge is 0.318 e. The molecule has 0 saturated heterocycles. The lowest BCUT2D eigenvalue weighted by Gasteiger charge is -2.28.